The van der Waals surface area contributed by atoms with E-state index < -0.39 is 35.0 Å². The van der Waals surface area contributed by atoms with Gasteiger partial charge in [0.05, 0.1) is 37.8 Å². The molecule has 0 fully saturated rings. The number of aromatic nitrogens is 1. The molecule has 2 heterocycles. The van der Waals surface area contributed by atoms with Crippen molar-refractivity contribution < 1.29 is 28.7 Å². The van der Waals surface area contributed by atoms with Crippen LogP contribution in [0.15, 0.2) is 18.2 Å². The topological polar surface area (TPSA) is 130 Å². The van der Waals surface area contributed by atoms with Crippen LogP contribution in [-0.4, -0.2) is 89.0 Å². The average Bonchev–Trinajstić information content (AvgIpc) is 2.76. The number of nitrogens with zero attached hydrogens (tertiary/aromatic N) is 3. The largest absolute Gasteiger partial charge is 0.377 e. The lowest BCUT2D eigenvalue weighted by Gasteiger charge is -2.34. The number of nitrogens with one attached hydrogen (secondary N) is 2. The SMILES string of the molecule is CC(=O)N1CCOCCOCCN(C(C)=O)C(C(=O)NC(C)(C)C)c2cccc(n2)C1C(=O)NC(C)(C)C. The van der Waals surface area contributed by atoms with Gasteiger partial charge in [-0.2, -0.15) is 0 Å². The van der Waals surface area contributed by atoms with Crippen molar-refractivity contribution in [1.82, 2.24) is 25.4 Å². The molecule has 1 aliphatic rings. The first-order valence-corrected chi connectivity index (χ1v) is 12.9. The van der Waals surface area contributed by atoms with Crippen LogP contribution < -0.4 is 10.6 Å². The fraction of sp³-hybridized carbons (Fsp3) is 0.667. The molecule has 1 aromatic heterocycles. The van der Waals surface area contributed by atoms with Gasteiger partial charge in [-0.15, -0.1) is 0 Å². The van der Waals surface area contributed by atoms with Gasteiger partial charge < -0.3 is 29.9 Å². The molecule has 38 heavy (non-hydrogen) atoms. The molecule has 0 radical (unpaired) electrons. The quantitative estimate of drug-likeness (QED) is 0.592. The van der Waals surface area contributed by atoms with Gasteiger partial charge >= 0.3 is 0 Å². The van der Waals surface area contributed by atoms with Crippen LogP contribution in [0.2, 0.25) is 0 Å². The van der Waals surface area contributed by atoms with E-state index in [1.54, 1.807) is 18.2 Å². The zero-order valence-corrected chi connectivity index (χ0v) is 23.9. The Bertz CT molecular complexity index is 925. The third-order valence-corrected chi connectivity index (χ3v) is 5.60. The number of carbonyl (C=O) groups is 4. The van der Waals surface area contributed by atoms with E-state index in [1.807, 2.05) is 41.5 Å². The average molecular weight is 534 g/mol. The monoisotopic (exact) mass is 533 g/mol. The standard InChI is InChI=1S/C27H43N5O6/c1-18(33)31-12-14-37-16-17-38-15-13-32(19(2)34)23(25(36)30-27(6,7)8)21-11-9-10-20(28-21)22(31)24(35)29-26(3,4)5/h9-11,22-23H,12-17H2,1-8H3,(H,29,35)(H,30,36). The maximum atomic E-state index is 13.6. The van der Waals surface area contributed by atoms with Crippen LogP contribution in [0, 0.1) is 0 Å². The predicted molar refractivity (Wildman–Crippen MR) is 142 cm³/mol. The number of rotatable bonds is 2. The Morgan fingerprint density at radius 1 is 0.737 bits per heavy atom. The van der Waals surface area contributed by atoms with Gasteiger partial charge in [0.25, 0.3) is 0 Å². The Hall–Kier alpha value is -3.05. The summed E-state index contributed by atoms with van der Waals surface area (Å²) < 4.78 is 11.3. The normalized spacial score (nSPS) is 20.1. The summed E-state index contributed by atoms with van der Waals surface area (Å²) in [5.41, 5.74) is -0.573. The van der Waals surface area contributed by atoms with E-state index in [1.165, 1.54) is 23.6 Å². The first-order valence-electron chi connectivity index (χ1n) is 12.9. The molecule has 2 atom stereocenters. The van der Waals surface area contributed by atoms with Gasteiger partial charge in [0.1, 0.15) is 0 Å². The van der Waals surface area contributed by atoms with Crippen molar-refractivity contribution in [2.24, 2.45) is 0 Å². The van der Waals surface area contributed by atoms with Crippen molar-refractivity contribution in [2.45, 2.75) is 78.6 Å². The van der Waals surface area contributed by atoms with E-state index >= 15 is 0 Å². The number of pyridine rings is 1. The molecule has 0 spiro atoms. The maximum Gasteiger partial charge on any atom is 0.249 e. The fourth-order valence-electron chi connectivity index (χ4n) is 4.10. The van der Waals surface area contributed by atoms with Crippen molar-refractivity contribution in [3.05, 3.63) is 29.6 Å². The van der Waals surface area contributed by atoms with E-state index in [0.717, 1.165) is 0 Å². The van der Waals surface area contributed by atoms with Gasteiger partial charge in [-0.1, -0.05) is 6.07 Å². The molecule has 1 aliphatic heterocycles. The zero-order chi connectivity index (χ0) is 28.7. The molecular weight excluding hydrogens is 490 g/mol. The van der Waals surface area contributed by atoms with Gasteiger partial charge in [0.15, 0.2) is 12.1 Å². The summed E-state index contributed by atoms with van der Waals surface area (Å²) in [5.74, 6) is -1.49. The minimum Gasteiger partial charge on any atom is -0.377 e. The Kier molecular flexibility index (Phi) is 10.8. The number of hydrogen-bond acceptors (Lipinski definition) is 7. The van der Waals surface area contributed by atoms with E-state index in [-0.39, 0.29) is 62.7 Å². The van der Waals surface area contributed by atoms with E-state index in [4.69, 9.17) is 14.5 Å². The number of carbonyl (C=O) groups excluding carboxylic acids is 4. The second-order valence-corrected chi connectivity index (χ2v) is 11.4. The minimum absolute atomic E-state index is 0.150. The smallest absolute Gasteiger partial charge is 0.249 e. The summed E-state index contributed by atoms with van der Waals surface area (Å²) in [6.07, 6.45) is 0. The molecule has 0 saturated heterocycles. The molecule has 212 valence electrons. The molecule has 1 aromatic rings. The van der Waals surface area contributed by atoms with Crippen molar-refractivity contribution >= 4 is 23.6 Å². The van der Waals surface area contributed by atoms with Crippen molar-refractivity contribution in [1.29, 1.82) is 0 Å². The van der Waals surface area contributed by atoms with Gasteiger partial charge in [-0.05, 0) is 53.7 Å². The first-order chi connectivity index (χ1) is 17.6. The Morgan fingerprint density at radius 2 is 1.11 bits per heavy atom. The zero-order valence-electron chi connectivity index (χ0n) is 23.9. The van der Waals surface area contributed by atoms with E-state index in [2.05, 4.69) is 10.6 Å². The van der Waals surface area contributed by atoms with Crippen LogP contribution in [0.5, 0.6) is 0 Å². The maximum absolute atomic E-state index is 13.6. The Labute approximate surface area is 225 Å². The minimum atomic E-state index is -1.08. The summed E-state index contributed by atoms with van der Waals surface area (Å²) in [6, 6.07) is 2.81. The van der Waals surface area contributed by atoms with Crippen LogP contribution in [0.3, 0.4) is 0 Å². The Morgan fingerprint density at radius 3 is 1.42 bits per heavy atom. The number of fused-ring (bicyclic) bond motifs is 2. The molecule has 11 heteroatoms. The molecule has 0 saturated carbocycles. The van der Waals surface area contributed by atoms with Gasteiger partial charge in [0, 0.05) is 38.0 Å². The molecule has 0 aliphatic carbocycles. The number of hydrogen-bond donors (Lipinski definition) is 2. The summed E-state index contributed by atoms with van der Waals surface area (Å²) in [6.45, 7) is 15.1. The predicted octanol–water partition coefficient (Wildman–Crippen LogP) is 1.74. The van der Waals surface area contributed by atoms with E-state index in [9.17, 15) is 19.2 Å². The van der Waals surface area contributed by atoms with Crippen molar-refractivity contribution in [3.8, 4) is 0 Å². The third kappa shape index (κ3) is 9.36. The van der Waals surface area contributed by atoms with Crippen molar-refractivity contribution in [2.75, 3.05) is 39.5 Å². The second kappa shape index (κ2) is 13.1. The highest BCUT2D eigenvalue weighted by molar-refractivity contribution is 5.89. The van der Waals surface area contributed by atoms with Crippen LogP contribution >= 0.6 is 0 Å². The molecule has 11 nitrogen and oxygen atoms in total. The van der Waals surface area contributed by atoms with Crippen LogP contribution in [0.1, 0.15) is 78.9 Å². The van der Waals surface area contributed by atoms with Gasteiger partial charge in [-0.3, -0.25) is 24.2 Å². The Balaban J connectivity index is 2.71. The molecule has 2 bridgehead atoms. The fourth-order valence-corrected chi connectivity index (χ4v) is 4.10. The lowest BCUT2D eigenvalue weighted by molar-refractivity contribution is -0.141. The van der Waals surface area contributed by atoms with Crippen LogP contribution in [0.4, 0.5) is 0 Å². The number of ether oxygens (including phenoxy) is 2. The van der Waals surface area contributed by atoms with Crippen molar-refractivity contribution in [3.63, 3.8) is 0 Å². The molecule has 2 unspecified atom stereocenters. The molecule has 4 amide bonds. The second-order valence-electron chi connectivity index (χ2n) is 11.4. The number of amides is 4. The molecule has 0 aromatic carbocycles. The van der Waals surface area contributed by atoms with Gasteiger partial charge in [0.2, 0.25) is 23.6 Å². The summed E-state index contributed by atoms with van der Waals surface area (Å²) in [7, 11) is 0. The summed E-state index contributed by atoms with van der Waals surface area (Å²) >= 11 is 0. The van der Waals surface area contributed by atoms with Gasteiger partial charge in [-0.25, -0.2) is 0 Å². The lowest BCUT2D eigenvalue weighted by Crippen LogP contribution is -2.50. The summed E-state index contributed by atoms with van der Waals surface area (Å²) in [4.78, 5) is 60.2. The molecular formula is C27H43N5O6. The summed E-state index contributed by atoms with van der Waals surface area (Å²) in [5, 5.41) is 5.88. The highest BCUT2D eigenvalue weighted by Crippen LogP contribution is 2.26. The molecule has 2 N–H and O–H groups in total. The highest BCUT2D eigenvalue weighted by Gasteiger charge is 2.36. The van der Waals surface area contributed by atoms with Crippen LogP contribution in [0.25, 0.3) is 0 Å². The first kappa shape index (κ1) is 31.2. The molecule has 2 rings (SSSR count). The third-order valence-electron chi connectivity index (χ3n) is 5.60. The van der Waals surface area contributed by atoms with Crippen LogP contribution in [-0.2, 0) is 28.7 Å². The lowest BCUT2D eigenvalue weighted by atomic mass is 10.0. The highest BCUT2D eigenvalue weighted by atomic mass is 16.5. The van der Waals surface area contributed by atoms with E-state index in [0.29, 0.717) is 0 Å².